The molecule has 0 saturated carbocycles. The van der Waals surface area contributed by atoms with Gasteiger partial charge in [-0.2, -0.15) is 4.31 Å². The summed E-state index contributed by atoms with van der Waals surface area (Å²) in [6.45, 7) is 1.62. The van der Waals surface area contributed by atoms with E-state index < -0.39 is 10.0 Å². The first-order valence-electron chi connectivity index (χ1n) is 7.02. The van der Waals surface area contributed by atoms with Gasteiger partial charge in [0.15, 0.2) is 0 Å². The van der Waals surface area contributed by atoms with Gasteiger partial charge in [0.2, 0.25) is 10.0 Å². The minimum Gasteiger partial charge on any atom is -0.398 e. The van der Waals surface area contributed by atoms with Crippen molar-refractivity contribution >= 4 is 15.7 Å². The van der Waals surface area contributed by atoms with Crippen LogP contribution in [-0.4, -0.2) is 37.7 Å². The normalized spacial score (nSPS) is 23.7. The molecule has 6 heteroatoms. The number of rotatable bonds is 3. The van der Waals surface area contributed by atoms with E-state index in [0.29, 0.717) is 26.1 Å². The molecule has 110 valence electrons. The fourth-order valence-electron chi connectivity index (χ4n) is 2.97. The summed E-state index contributed by atoms with van der Waals surface area (Å²) in [7, 11) is -3.25. The molecule has 2 aliphatic rings. The first-order valence-corrected chi connectivity index (χ1v) is 8.63. The summed E-state index contributed by atoms with van der Waals surface area (Å²) in [4.78, 5) is 0. The maximum absolute atomic E-state index is 12.5. The largest absolute Gasteiger partial charge is 0.398 e. The number of hydrogen-bond acceptors (Lipinski definition) is 4. The zero-order chi connectivity index (χ0) is 14.2. The molecule has 0 amide bonds. The van der Waals surface area contributed by atoms with Crippen molar-refractivity contribution in [2.45, 2.75) is 31.9 Å². The standard InChI is InChI=1S/C14H20N2O3S/c15-14-5-1-3-11-9-16(7-6-13(11)14)20(17,18)10-12-4-2-8-19-12/h1,3,5,12H,2,4,6-10,15H2. The number of hydrogen-bond donors (Lipinski definition) is 1. The van der Waals surface area contributed by atoms with Crippen molar-refractivity contribution in [1.29, 1.82) is 0 Å². The van der Waals surface area contributed by atoms with Crippen LogP contribution in [0.1, 0.15) is 24.0 Å². The van der Waals surface area contributed by atoms with Gasteiger partial charge in [0, 0.05) is 25.4 Å². The summed E-state index contributed by atoms with van der Waals surface area (Å²) in [6, 6.07) is 5.71. The Morgan fingerprint density at radius 3 is 3.00 bits per heavy atom. The molecule has 0 spiro atoms. The van der Waals surface area contributed by atoms with E-state index in [4.69, 9.17) is 10.5 Å². The van der Waals surface area contributed by atoms with Crippen LogP contribution < -0.4 is 5.73 Å². The summed E-state index contributed by atoms with van der Waals surface area (Å²) in [5, 5.41) is 0. The highest BCUT2D eigenvalue weighted by atomic mass is 32.2. The summed E-state index contributed by atoms with van der Waals surface area (Å²) in [6.07, 6.45) is 2.35. The Bertz CT molecular complexity index is 594. The van der Waals surface area contributed by atoms with Gasteiger partial charge in [-0.15, -0.1) is 0 Å². The Balaban J connectivity index is 1.75. The number of nitrogens with two attached hydrogens (primary N) is 1. The summed E-state index contributed by atoms with van der Waals surface area (Å²) in [5.74, 6) is 0.102. The highest BCUT2D eigenvalue weighted by molar-refractivity contribution is 7.89. The van der Waals surface area contributed by atoms with Crippen molar-refractivity contribution in [1.82, 2.24) is 4.31 Å². The Morgan fingerprint density at radius 2 is 2.25 bits per heavy atom. The van der Waals surface area contributed by atoms with Crippen LogP contribution in [0.5, 0.6) is 0 Å². The van der Waals surface area contributed by atoms with Crippen LogP contribution in [-0.2, 0) is 27.7 Å². The van der Waals surface area contributed by atoms with E-state index in [-0.39, 0.29) is 11.9 Å². The molecule has 0 radical (unpaired) electrons. The van der Waals surface area contributed by atoms with Crippen LogP contribution in [0.2, 0.25) is 0 Å². The van der Waals surface area contributed by atoms with Gasteiger partial charge in [-0.05, 0) is 36.5 Å². The average Bonchev–Trinajstić information content (AvgIpc) is 2.91. The predicted octanol–water partition coefficient (Wildman–Crippen LogP) is 1.14. The van der Waals surface area contributed by atoms with Crippen LogP contribution in [0.15, 0.2) is 18.2 Å². The van der Waals surface area contributed by atoms with Crippen LogP contribution >= 0.6 is 0 Å². The van der Waals surface area contributed by atoms with E-state index in [1.807, 2.05) is 18.2 Å². The van der Waals surface area contributed by atoms with Crippen molar-refractivity contribution in [3.8, 4) is 0 Å². The second kappa shape index (κ2) is 5.35. The van der Waals surface area contributed by atoms with E-state index in [1.54, 1.807) is 4.31 Å². The van der Waals surface area contributed by atoms with Crippen LogP contribution in [0, 0.1) is 0 Å². The van der Waals surface area contributed by atoms with Crippen molar-refractivity contribution in [2.24, 2.45) is 0 Å². The third-order valence-corrected chi connectivity index (χ3v) is 5.97. The first kappa shape index (κ1) is 13.9. The summed E-state index contributed by atoms with van der Waals surface area (Å²) >= 11 is 0. The van der Waals surface area contributed by atoms with Gasteiger partial charge in [0.25, 0.3) is 0 Å². The zero-order valence-corrected chi connectivity index (χ0v) is 12.2. The van der Waals surface area contributed by atoms with Crippen molar-refractivity contribution in [3.63, 3.8) is 0 Å². The van der Waals surface area contributed by atoms with E-state index in [2.05, 4.69) is 0 Å². The second-order valence-corrected chi connectivity index (χ2v) is 7.50. The molecule has 2 heterocycles. The molecule has 1 saturated heterocycles. The molecule has 1 unspecified atom stereocenters. The third kappa shape index (κ3) is 2.68. The van der Waals surface area contributed by atoms with Crippen molar-refractivity contribution < 1.29 is 13.2 Å². The van der Waals surface area contributed by atoms with Gasteiger partial charge in [-0.25, -0.2) is 8.42 Å². The minimum atomic E-state index is -3.25. The molecule has 1 atom stereocenters. The molecule has 5 nitrogen and oxygen atoms in total. The quantitative estimate of drug-likeness (QED) is 0.849. The molecular weight excluding hydrogens is 276 g/mol. The topological polar surface area (TPSA) is 72.6 Å². The Hall–Kier alpha value is -1.11. The van der Waals surface area contributed by atoms with Crippen molar-refractivity contribution in [2.75, 3.05) is 24.6 Å². The van der Waals surface area contributed by atoms with Gasteiger partial charge in [-0.1, -0.05) is 12.1 Å². The van der Waals surface area contributed by atoms with Crippen molar-refractivity contribution in [3.05, 3.63) is 29.3 Å². The summed E-state index contributed by atoms with van der Waals surface area (Å²) in [5.41, 5.74) is 8.82. The smallest absolute Gasteiger partial charge is 0.216 e. The number of benzene rings is 1. The van der Waals surface area contributed by atoms with Gasteiger partial charge in [0.05, 0.1) is 11.9 Å². The first-order chi connectivity index (χ1) is 9.56. The molecular formula is C14H20N2O3S. The van der Waals surface area contributed by atoms with Crippen LogP contribution in [0.4, 0.5) is 5.69 Å². The molecule has 2 N–H and O–H groups in total. The second-order valence-electron chi connectivity index (χ2n) is 5.48. The van der Waals surface area contributed by atoms with E-state index in [0.717, 1.165) is 29.7 Å². The minimum absolute atomic E-state index is 0.102. The monoisotopic (exact) mass is 296 g/mol. The molecule has 3 rings (SSSR count). The number of nitrogen functional groups attached to an aromatic ring is 1. The Kier molecular flexibility index (Phi) is 3.70. The molecule has 0 aromatic heterocycles. The maximum Gasteiger partial charge on any atom is 0.216 e. The predicted molar refractivity (Wildman–Crippen MR) is 77.7 cm³/mol. The highest BCUT2D eigenvalue weighted by Gasteiger charge is 2.31. The summed E-state index contributed by atoms with van der Waals surface area (Å²) < 4.78 is 31.9. The van der Waals surface area contributed by atoms with Crippen LogP contribution in [0.3, 0.4) is 0 Å². The Labute approximate surface area is 119 Å². The van der Waals surface area contributed by atoms with Gasteiger partial charge in [0.1, 0.15) is 0 Å². The number of sulfonamides is 1. The lowest BCUT2D eigenvalue weighted by atomic mass is 9.99. The number of fused-ring (bicyclic) bond motifs is 1. The average molecular weight is 296 g/mol. The fourth-order valence-corrected chi connectivity index (χ4v) is 4.62. The van der Waals surface area contributed by atoms with E-state index in [1.165, 1.54) is 0 Å². The molecule has 2 aliphatic heterocycles. The van der Waals surface area contributed by atoms with Crippen LogP contribution in [0.25, 0.3) is 0 Å². The molecule has 0 bridgehead atoms. The third-order valence-electron chi connectivity index (χ3n) is 4.08. The lowest BCUT2D eigenvalue weighted by Crippen LogP contribution is -2.40. The van der Waals surface area contributed by atoms with Gasteiger partial charge in [-0.3, -0.25) is 0 Å². The number of anilines is 1. The highest BCUT2D eigenvalue weighted by Crippen LogP contribution is 2.26. The SMILES string of the molecule is Nc1cccc2c1CCN(S(=O)(=O)CC1CCCO1)C2. The molecule has 1 fully saturated rings. The number of ether oxygens (including phenoxy) is 1. The molecule has 20 heavy (non-hydrogen) atoms. The molecule has 0 aliphatic carbocycles. The van der Waals surface area contributed by atoms with E-state index >= 15 is 0 Å². The van der Waals surface area contributed by atoms with Gasteiger partial charge < -0.3 is 10.5 Å². The fraction of sp³-hybridized carbons (Fsp3) is 0.571. The lowest BCUT2D eigenvalue weighted by molar-refractivity contribution is 0.126. The van der Waals surface area contributed by atoms with E-state index in [9.17, 15) is 8.42 Å². The van der Waals surface area contributed by atoms with Gasteiger partial charge >= 0.3 is 0 Å². The lowest BCUT2D eigenvalue weighted by Gasteiger charge is -2.29. The maximum atomic E-state index is 12.5. The number of nitrogens with zero attached hydrogens (tertiary/aromatic N) is 1. The Morgan fingerprint density at radius 1 is 1.40 bits per heavy atom. The molecule has 1 aromatic carbocycles. The zero-order valence-electron chi connectivity index (χ0n) is 11.4. The molecule has 1 aromatic rings.